The number of nitrogens with one attached hydrogen (secondary N) is 1. The van der Waals surface area contributed by atoms with Gasteiger partial charge in [0.25, 0.3) is 5.56 Å². The van der Waals surface area contributed by atoms with Crippen molar-refractivity contribution in [3.63, 3.8) is 0 Å². The van der Waals surface area contributed by atoms with E-state index >= 15 is 0 Å². The standard InChI is InChI=1S/C28H34FN7O6/c1-7-8-14-35-21-22(32-25(35)34-13-9-10-17(15-34)30-26(39)42-28(2,3)4)33(5)27(40)36(23(21)37)16-19-18(24(38)41-6)11-12-20(29)31-19/h11-12,17H,9-10,13-16H2,1-6H3,(H,30,39). The number of ether oxygens (including phenoxy) is 2. The summed E-state index contributed by atoms with van der Waals surface area (Å²) >= 11 is 0. The fourth-order valence-corrected chi connectivity index (χ4v) is 4.84. The highest BCUT2D eigenvalue weighted by Gasteiger charge is 2.29. The van der Waals surface area contributed by atoms with Crippen molar-refractivity contribution in [3.05, 3.63) is 50.2 Å². The van der Waals surface area contributed by atoms with Gasteiger partial charge in [0.05, 0.1) is 31.5 Å². The molecule has 0 saturated carbocycles. The van der Waals surface area contributed by atoms with E-state index in [4.69, 9.17) is 9.47 Å². The van der Waals surface area contributed by atoms with Gasteiger partial charge in [0.2, 0.25) is 11.9 Å². The van der Waals surface area contributed by atoms with Crippen molar-refractivity contribution in [1.29, 1.82) is 0 Å². The molecule has 13 nitrogen and oxygen atoms in total. The quantitative estimate of drug-likeness (QED) is 0.261. The molecule has 0 radical (unpaired) electrons. The largest absolute Gasteiger partial charge is 0.465 e. The first kappa shape index (κ1) is 30.3. The van der Waals surface area contributed by atoms with E-state index in [2.05, 4.69) is 27.1 Å². The molecule has 3 aromatic heterocycles. The van der Waals surface area contributed by atoms with E-state index in [0.29, 0.717) is 19.0 Å². The molecule has 1 atom stereocenters. The highest BCUT2D eigenvalue weighted by atomic mass is 19.1. The summed E-state index contributed by atoms with van der Waals surface area (Å²) in [7, 11) is 2.63. The number of anilines is 1. The molecule has 4 heterocycles. The minimum atomic E-state index is -0.881. The highest BCUT2D eigenvalue weighted by Crippen LogP contribution is 2.24. The molecule has 0 spiro atoms. The zero-order valence-corrected chi connectivity index (χ0v) is 24.5. The van der Waals surface area contributed by atoms with Crippen LogP contribution in [0.4, 0.5) is 15.1 Å². The average Bonchev–Trinajstić information content (AvgIpc) is 3.31. The third-order valence-electron chi connectivity index (χ3n) is 6.70. The number of aryl methyl sites for hydroxylation is 1. The van der Waals surface area contributed by atoms with Crippen molar-refractivity contribution >= 4 is 29.2 Å². The molecule has 0 aliphatic carbocycles. The van der Waals surface area contributed by atoms with Crippen LogP contribution in [-0.4, -0.2) is 67.6 Å². The molecule has 1 aliphatic rings. The smallest absolute Gasteiger partial charge is 0.407 e. The Morgan fingerprint density at radius 3 is 2.60 bits per heavy atom. The number of hydrogen-bond acceptors (Lipinski definition) is 9. The molecule has 0 aromatic carbocycles. The minimum Gasteiger partial charge on any atom is -0.465 e. The maximum Gasteiger partial charge on any atom is 0.407 e. The van der Waals surface area contributed by atoms with Gasteiger partial charge in [-0.1, -0.05) is 5.92 Å². The number of piperidine rings is 1. The van der Waals surface area contributed by atoms with E-state index in [0.717, 1.165) is 30.6 Å². The summed E-state index contributed by atoms with van der Waals surface area (Å²) in [5.41, 5.74) is -2.04. The normalized spacial score (nSPS) is 15.2. The number of nitrogens with zero attached hydrogens (tertiary/aromatic N) is 6. The molecule has 1 saturated heterocycles. The number of carbonyl (C=O) groups is 2. The Hall–Kier alpha value is -4.67. The van der Waals surface area contributed by atoms with Crippen LogP contribution in [-0.2, 0) is 29.6 Å². The van der Waals surface area contributed by atoms with Crippen molar-refractivity contribution in [2.45, 2.75) is 65.3 Å². The third-order valence-corrected chi connectivity index (χ3v) is 6.70. The predicted molar refractivity (Wildman–Crippen MR) is 152 cm³/mol. The Kier molecular flexibility index (Phi) is 8.70. The second-order valence-electron chi connectivity index (χ2n) is 10.9. The fourth-order valence-electron chi connectivity index (χ4n) is 4.84. The summed E-state index contributed by atoms with van der Waals surface area (Å²) in [5.74, 6) is 4.52. The maximum atomic E-state index is 14.1. The van der Waals surface area contributed by atoms with Gasteiger partial charge in [0.1, 0.15) is 5.60 Å². The number of halogens is 1. The van der Waals surface area contributed by atoms with E-state index in [-0.39, 0.29) is 35.0 Å². The van der Waals surface area contributed by atoms with Crippen LogP contribution in [0.5, 0.6) is 0 Å². The summed E-state index contributed by atoms with van der Waals surface area (Å²) in [5, 5.41) is 2.90. The molecule has 1 fully saturated rings. The Morgan fingerprint density at radius 1 is 1.19 bits per heavy atom. The van der Waals surface area contributed by atoms with Gasteiger partial charge in [-0.05, 0) is 52.7 Å². The van der Waals surface area contributed by atoms with Gasteiger partial charge in [-0.15, -0.1) is 5.92 Å². The van der Waals surface area contributed by atoms with Crippen molar-refractivity contribution in [2.24, 2.45) is 7.05 Å². The molecular weight excluding hydrogens is 549 g/mol. The molecule has 1 amide bonds. The van der Waals surface area contributed by atoms with Crippen LogP contribution < -0.4 is 21.5 Å². The lowest BCUT2D eigenvalue weighted by molar-refractivity contribution is 0.0498. The van der Waals surface area contributed by atoms with E-state index in [1.165, 1.54) is 17.7 Å². The number of amides is 1. The molecule has 14 heteroatoms. The molecular formula is C28H34FN7O6. The Bertz CT molecular complexity index is 1710. The molecule has 4 rings (SSSR count). The molecule has 3 aromatic rings. The second kappa shape index (κ2) is 12.1. The number of alkyl carbamates (subject to hydrolysis) is 1. The van der Waals surface area contributed by atoms with E-state index in [1.54, 1.807) is 32.3 Å². The summed E-state index contributed by atoms with van der Waals surface area (Å²) in [6, 6.07) is 1.94. The first-order valence-corrected chi connectivity index (χ1v) is 13.4. The van der Waals surface area contributed by atoms with E-state index < -0.39 is 41.4 Å². The van der Waals surface area contributed by atoms with E-state index in [1.807, 2.05) is 4.90 Å². The number of pyridine rings is 1. The first-order valence-electron chi connectivity index (χ1n) is 13.4. The Balaban J connectivity index is 1.80. The number of rotatable bonds is 6. The maximum absolute atomic E-state index is 14.1. The zero-order chi connectivity index (χ0) is 30.8. The summed E-state index contributed by atoms with van der Waals surface area (Å²) < 4.78 is 27.9. The lowest BCUT2D eigenvalue weighted by Gasteiger charge is -2.34. The topological polar surface area (TPSA) is 143 Å². The second-order valence-corrected chi connectivity index (χ2v) is 10.9. The van der Waals surface area contributed by atoms with Gasteiger partial charge in [-0.2, -0.15) is 9.37 Å². The molecule has 42 heavy (non-hydrogen) atoms. The first-order chi connectivity index (χ1) is 19.8. The summed E-state index contributed by atoms with van der Waals surface area (Å²) in [6.45, 7) is 7.63. The van der Waals surface area contributed by atoms with Crippen LogP contribution in [0.25, 0.3) is 11.2 Å². The highest BCUT2D eigenvalue weighted by molar-refractivity contribution is 5.90. The average molecular weight is 584 g/mol. The zero-order valence-electron chi connectivity index (χ0n) is 24.5. The number of aromatic nitrogens is 5. The number of methoxy groups -OCH3 is 1. The number of hydrogen-bond donors (Lipinski definition) is 1. The number of carbonyl (C=O) groups excluding carboxylic acids is 2. The van der Waals surface area contributed by atoms with Gasteiger partial charge in [-0.25, -0.2) is 19.4 Å². The van der Waals surface area contributed by atoms with E-state index in [9.17, 15) is 23.6 Å². The molecule has 1 aliphatic heterocycles. The van der Waals surface area contributed by atoms with Gasteiger partial charge in [0, 0.05) is 26.2 Å². The van der Waals surface area contributed by atoms with Gasteiger partial charge in [0.15, 0.2) is 11.2 Å². The van der Waals surface area contributed by atoms with Gasteiger partial charge in [-0.3, -0.25) is 18.5 Å². The molecule has 224 valence electrons. The van der Waals surface area contributed by atoms with Crippen LogP contribution in [0.1, 0.15) is 56.6 Å². The third kappa shape index (κ3) is 6.29. The van der Waals surface area contributed by atoms with Crippen molar-refractivity contribution in [2.75, 3.05) is 25.1 Å². The monoisotopic (exact) mass is 583 g/mol. The number of fused-ring (bicyclic) bond motifs is 1. The molecule has 0 bridgehead atoms. The van der Waals surface area contributed by atoms with Crippen LogP contribution >= 0.6 is 0 Å². The number of esters is 1. The van der Waals surface area contributed by atoms with Gasteiger partial charge < -0.3 is 19.7 Å². The van der Waals surface area contributed by atoms with Gasteiger partial charge >= 0.3 is 17.8 Å². The summed E-state index contributed by atoms with van der Waals surface area (Å²) in [4.78, 5) is 62.3. The Labute approximate surface area is 241 Å². The lowest BCUT2D eigenvalue weighted by Crippen LogP contribution is -2.49. The number of imidazole rings is 1. The Morgan fingerprint density at radius 2 is 1.93 bits per heavy atom. The van der Waals surface area contributed by atoms with Crippen LogP contribution in [0.15, 0.2) is 21.7 Å². The van der Waals surface area contributed by atoms with Crippen molar-refractivity contribution < 1.29 is 23.5 Å². The SMILES string of the molecule is CC#CCn1c(N2CCCC(NC(=O)OC(C)(C)C)C2)nc2c1c(=O)n(Cc1nc(F)ccc1C(=O)OC)c(=O)n2C. The minimum absolute atomic E-state index is 0.0733. The van der Waals surface area contributed by atoms with Crippen LogP contribution in [0.3, 0.4) is 0 Å². The predicted octanol–water partition coefficient (Wildman–Crippen LogP) is 1.78. The van der Waals surface area contributed by atoms with Crippen molar-refractivity contribution in [1.82, 2.24) is 29.0 Å². The van der Waals surface area contributed by atoms with Crippen LogP contribution in [0.2, 0.25) is 0 Å². The molecule has 1 unspecified atom stereocenters. The summed E-state index contributed by atoms with van der Waals surface area (Å²) in [6.07, 6.45) is 0.926. The fraction of sp³-hybridized carbons (Fsp3) is 0.500. The van der Waals surface area contributed by atoms with Crippen LogP contribution in [0, 0.1) is 17.8 Å². The van der Waals surface area contributed by atoms with Crippen molar-refractivity contribution in [3.8, 4) is 11.8 Å². The lowest BCUT2D eigenvalue weighted by atomic mass is 10.1. The molecule has 1 N–H and O–H groups in total.